The summed E-state index contributed by atoms with van der Waals surface area (Å²) in [7, 11) is -30.8. The van der Waals surface area contributed by atoms with E-state index < -0.39 is 363 Å². The Bertz CT molecular complexity index is 5390. The minimum absolute atomic E-state index is 0.440. The molecule has 21 aliphatic rings. The Morgan fingerprint density at radius 2 is 0.348 bits per heavy atom. The first-order chi connectivity index (χ1) is 65.7. The van der Waals surface area contributed by atoms with Gasteiger partial charge in [0.1, 0.15) is 171 Å². The van der Waals surface area contributed by atoms with Gasteiger partial charge in [-0.25, -0.2) is 0 Å². The molecule has 0 aliphatic carbocycles. The summed E-state index contributed by atoms with van der Waals surface area (Å²) in [6, 6.07) is 25.7. The average molecular weight is 2130 g/mol. The molecule has 21 saturated heterocycles. The molecule has 21 fully saturated rings. The van der Waals surface area contributed by atoms with E-state index in [-0.39, 0.29) is 0 Å². The third-order valence-corrected chi connectivity index (χ3v) is 42.3. The zero-order chi connectivity index (χ0) is 103. The van der Waals surface area contributed by atoms with Gasteiger partial charge in [-0.1, -0.05) is 130 Å². The Balaban J connectivity index is 0.938. The number of aliphatic hydroxyl groups excluding tert-OH is 14. The maximum Gasteiger partial charge on any atom is 0.297 e. The van der Waals surface area contributed by atoms with Crippen molar-refractivity contribution < 1.29 is 210 Å². The zero-order valence-corrected chi connectivity index (χ0v) is 85.7. The molecule has 0 radical (unpaired) electrons. The van der Waals surface area contributed by atoms with Crippen LogP contribution >= 0.6 is 0 Å². The van der Waals surface area contributed by atoms with Crippen molar-refractivity contribution in [3.05, 3.63) is 149 Å². The summed E-state index contributed by atoms with van der Waals surface area (Å²) >= 11 is 0. The number of rotatable bonds is 26. The number of hydrogen-bond acceptors (Lipinski definition) is 45. The zero-order valence-electron chi connectivity index (χ0n) is 79.7. The van der Waals surface area contributed by atoms with Gasteiger partial charge < -0.3 is 147 Å². The van der Waals surface area contributed by atoms with Crippen LogP contribution in [0.3, 0.4) is 0 Å². The molecule has 0 aromatic heterocycles. The van der Waals surface area contributed by atoms with Gasteiger partial charge in [0, 0.05) is 0 Å². The smallest absolute Gasteiger partial charge is 0.297 e. The quantitative estimate of drug-likeness (QED) is 0.0244. The topological polar surface area (TPSA) is 648 Å². The van der Waals surface area contributed by atoms with Gasteiger partial charge in [-0.3, -0.25) is 20.9 Å². The van der Waals surface area contributed by atoms with Crippen LogP contribution in [-0.2, 0) is 147 Å². The lowest BCUT2D eigenvalue weighted by atomic mass is 9.95. The predicted octanol–water partition coefficient (Wildman–Crippen LogP) is -0.564. The molecule has 21 aliphatic heterocycles. The summed E-state index contributed by atoms with van der Waals surface area (Å²) in [6.45, 7) is 19.0. The van der Waals surface area contributed by atoms with E-state index in [1.54, 1.807) is 34.6 Å². The molecule has 141 heavy (non-hydrogen) atoms. The molecular formula is C89H128O45S5Si2. The molecule has 0 spiro atoms. The number of aryl methyl sites for hydroxylation is 5. The van der Waals surface area contributed by atoms with E-state index >= 15 is 0 Å². The fourth-order valence-corrected chi connectivity index (χ4v) is 22.6. The van der Waals surface area contributed by atoms with Crippen molar-refractivity contribution in [1.82, 2.24) is 0 Å². The summed E-state index contributed by atoms with van der Waals surface area (Å²) < 4.78 is 272. The van der Waals surface area contributed by atoms with Gasteiger partial charge >= 0.3 is 0 Å². The molecule has 21 heterocycles. The minimum Gasteiger partial charge on any atom is -0.414 e. The van der Waals surface area contributed by atoms with Crippen molar-refractivity contribution in [2.45, 2.75) is 352 Å². The highest BCUT2D eigenvalue weighted by molar-refractivity contribution is 7.87. The summed E-state index contributed by atoms with van der Waals surface area (Å²) in [5.41, 5.74) is 2.95. The van der Waals surface area contributed by atoms with Gasteiger partial charge in [0.2, 0.25) is 0 Å². The first-order valence-corrected chi connectivity index (χ1v) is 58.3. The van der Waals surface area contributed by atoms with Gasteiger partial charge in [0.25, 0.3) is 50.6 Å². The van der Waals surface area contributed by atoms with Crippen LogP contribution in [0.25, 0.3) is 0 Å². The monoisotopic (exact) mass is 2130 g/mol. The van der Waals surface area contributed by atoms with E-state index in [1.807, 2.05) is 67.7 Å². The lowest BCUT2D eigenvalue weighted by Crippen LogP contribution is -2.68. The Morgan fingerprint density at radius 3 is 0.475 bits per heavy atom. The van der Waals surface area contributed by atoms with Crippen LogP contribution in [0.1, 0.15) is 69.4 Å². The first kappa shape index (κ1) is 113. The van der Waals surface area contributed by atoms with Crippen LogP contribution in [0.15, 0.2) is 146 Å². The Labute approximate surface area is 819 Å². The molecule has 5 aromatic rings. The van der Waals surface area contributed by atoms with E-state index in [4.69, 9.17) is 96.1 Å². The lowest BCUT2D eigenvalue weighted by molar-refractivity contribution is -0.395. The Kier molecular flexibility index (Phi) is 36.0. The van der Waals surface area contributed by atoms with Crippen molar-refractivity contribution in [3.63, 3.8) is 0 Å². The van der Waals surface area contributed by atoms with E-state index in [0.717, 1.165) is 36.4 Å². The van der Waals surface area contributed by atoms with E-state index in [9.17, 15) is 114 Å². The molecule has 14 bridgehead atoms. The molecule has 0 amide bonds. The first-order valence-electron chi connectivity index (χ1n) is 45.5. The van der Waals surface area contributed by atoms with Crippen molar-refractivity contribution in [3.8, 4) is 0 Å². The number of hydrogen-bond donors (Lipinski definition) is 14. The SMILES string of the molecule is Cc1ccc(S(=O)(=O)OC[C@@H]2O[C@H]3O[C@@H]4[C@@H](O)[C@H](O)[C@H](O[C@@H]5[C@@H](O)[C@H](O)[C@H](O[C@@H]6[C@@H](O)[C@@H](O)[C@H](O[C@@H]7[C@@H](O)[C@H](O)[C@H](O[C@@H]8[C@@H](O)[C@H](O)[C@H](O[C@@H]9[C@@H](O)[C@H](O)[C@H](O[C@@H]2[C@H](O)[C@@H]3O)O[C@H]9CO[Si](C)(C)C(C)(C)C)O[C@H]8CO[Si](C)(C)C(C)(C)C)O[C@H]7COS(=O)(=O)c2ccc(C)cc2)O[C@H]6COS(=O)(=O)c2ccc(C)cc2)O[C@H]5COS(=O)(=O)c2ccc(C)cc2)O[C@H]4COS(=O)(=O)c2ccc(C)cc2)cc1. The summed E-state index contributed by atoms with van der Waals surface area (Å²) in [6.07, 6.45) is -82.3. The lowest BCUT2D eigenvalue weighted by Gasteiger charge is -2.50. The molecule has 5 aromatic carbocycles. The van der Waals surface area contributed by atoms with Crippen LogP contribution in [0.2, 0.25) is 36.3 Å². The van der Waals surface area contributed by atoms with Crippen LogP contribution in [0, 0.1) is 34.6 Å². The van der Waals surface area contributed by atoms with Gasteiger partial charge in [-0.05, 0) is 132 Å². The van der Waals surface area contributed by atoms with E-state index in [0.29, 0.717) is 27.8 Å². The third-order valence-electron chi connectivity index (χ3n) is 26.8. The molecule has 0 saturated carbocycles. The molecule has 45 nitrogen and oxygen atoms in total. The summed E-state index contributed by atoms with van der Waals surface area (Å²) in [5.74, 6) is 0. The van der Waals surface area contributed by atoms with E-state index in [1.165, 1.54) is 84.9 Å². The molecule has 14 N–H and O–H groups in total. The van der Waals surface area contributed by atoms with E-state index in [2.05, 4.69) is 0 Å². The second-order valence-corrected chi connectivity index (χ2v) is 57.0. The van der Waals surface area contributed by atoms with Crippen molar-refractivity contribution in [2.75, 3.05) is 46.2 Å². The summed E-state index contributed by atoms with van der Waals surface area (Å²) in [5, 5.41) is 175. The van der Waals surface area contributed by atoms with Crippen LogP contribution in [-0.4, -0.2) is 391 Å². The molecule has 26 rings (SSSR count). The van der Waals surface area contributed by atoms with Crippen LogP contribution < -0.4 is 0 Å². The minimum atomic E-state index is -4.98. The number of aliphatic hydroxyl groups is 14. The fraction of sp³-hybridized carbons (Fsp3) is 0.663. The standard InChI is InChI=1S/C89H128O45S5Si2/c1-43-16-26-48(27-17-43)135(104,105)114-36-53-74-60(90)67(97)81(121-53)129-75-54(37-115-136(106,107)49-28-18-44(2)19-29-49)123-83(69(99)62(75)92)131-77-56(39-117-138(110,111)51-32-22-46(4)23-33-51)125-85(71(101)64(77)94)133-79-58(41-119-140(12,13)88(6,7)8)127-87(73(103)66(79)96)134-80-59(42-120-141(14,15)89(9,10)11)126-86(72(102)65(80)95)132-78-57(40-118-139(112,113)52-34-24-47(5)25-35-52)124-84(70(100)63(78)93)130-76-55(122-82(128-74)68(98)61(76)91)38-116-137(108,109)50-30-20-45(3)21-31-50/h16-35,53-87,90-103H,36-42H2,1-15H3/t53-,54-,55-,56-,57-,58-,59-,60-,61-,62-,63+,64-,65-,66-,67-,68-,69+,70-,71-,72-,73-,74-,75-,76-,77-,78-,79-,80-,81-,82-,83-,84-,85-,86-,87-/m0/s1. The van der Waals surface area contributed by atoms with Crippen molar-refractivity contribution in [2.24, 2.45) is 0 Å². The molecule has 0 unspecified atom stereocenters. The second kappa shape index (κ2) is 45.0. The van der Waals surface area contributed by atoms with Crippen molar-refractivity contribution in [1.29, 1.82) is 0 Å². The largest absolute Gasteiger partial charge is 0.414 e. The van der Waals surface area contributed by atoms with Gasteiger partial charge in [-0.2, -0.15) is 42.1 Å². The van der Waals surface area contributed by atoms with Crippen LogP contribution in [0.4, 0.5) is 0 Å². The number of benzene rings is 5. The fourth-order valence-electron chi connectivity index (χ4n) is 16.0. The molecule has 792 valence electrons. The molecule has 35 atom stereocenters. The molecular weight excluding hydrogens is 2010 g/mol. The highest BCUT2D eigenvalue weighted by Crippen LogP contribution is 2.45. The van der Waals surface area contributed by atoms with Crippen LogP contribution in [0.5, 0.6) is 0 Å². The highest BCUT2D eigenvalue weighted by Gasteiger charge is 2.62. The highest BCUT2D eigenvalue weighted by atomic mass is 32.2. The number of ether oxygens (including phenoxy) is 14. The van der Waals surface area contributed by atoms with Gasteiger partial charge in [-0.15, -0.1) is 0 Å². The Hall–Kier alpha value is -5.12. The van der Waals surface area contributed by atoms with Crippen molar-refractivity contribution >= 4 is 67.2 Å². The Morgan fingerprint density at radius 1 is 0.220 bits per heavy atom. The predicted molar refractivity (Wildman–Crippen MR) is 487 cm³/mol. The maximum absolute atomic E-state index is 14.3. The summed E-state index contributed by atoms with van der Waals surface area (Å²) in [4.78, 5) is -2.33. The maximum atomic E-state index is 14.3. The average Bonchev–Trinajstić information content (AvgIpc) is 0.800. The van der Waals surface area contributed by atoms with Gasteiger partial charge in [0.15, 0.2) is 60.7 Å². The molecule has 52 heteroatoms. The second-order valence-electron chi connectivity index (χ2n) is 39.3. The normalized spacial score (nSPS) is 36.6. The third kappa shape index (κ3) is 26.0. The van der Waals surface area contributed by atoms with Gasteiger partial charge in [0.05, 0.1) is 70.7 Å².